The van der Waals surface area contributed by atoms with Gasteiger partial charge in [0, 0.05) is 12.1 Å². The molecule has 29 heavy (non-hydrogen) atoms. The van der Waals surface area contributed by atoms with Gasteiger partial charge < -0.3 is 14.7 Å². The van der Waals surface area contributed by atoms with Crippen LogP contribution in [-0.4, -0.2) is 19.3 Å². The monoisotopic (exact) mass is 414 g/mol. The molecule has 0 unspecified atom stereocenters. The lowest BCUT2D eigenvalue weighted by Crippen LogP contribution is -2.14. The molecule has 148 valence electrons. The lowest BCUT2D eigenvalue weighted by Gasteiger charge is -2.11. The summed E-state index contributed by atoms with van der Waals surface area (Å²) in [5.41, 5.74) is 5.30. The Morgan fingerprint density at radius 1 is 0.966 bits per heavy atom. The number of esters is 1. The third kappa shape index (κ3) is 4.50. The topological polar surface area (TPSA) is 139 Å². The van der Waals surface area contributed by atoms with E-state index in [0.29, 0.717) is 0 Å². The van der Waals surface area contributed by atoms with Crippen LogP contribution in [0, 0.1) is 10.1 Å². The Hall–Kier alpha value is -3.92. The Labute approximate surface area is 165 Å². The van der Waals surface area contributed by atoms with Crippen LogP contribution in [0.2, 0.25) is 0 Å². The highest BCUT2D eigenvalue weighted by Gasteiger charge is 2.25. The van der Waals surface area contributed by atoms with Crippen molar-refractivity contribution in [2.45, 2.75) is 4.90 Å². The van der Waals surface area contributed by atoms with Crippen LogP contribution in [0.4, 0.5) is 11.4 Å². The number of nitrogen functional groups attached to an aromatic ring is 1. The largest absolute Gasteiger partial charge is 0.423 e. The maximum Gasteiger partial charge on any atom is 0.343 e. The van der Waals surface area contributed by atoms with Gasteiger partial charge in [-0.3, -0.25) is 10.1 Å². The number of ether oxygens (including phenoxy) is 1. The number of benzene rings is 3. The number of carbonyl (C=O) groups is 1. The van der Waals surface area contributed by atoms with E-state index in [1.165, 1.54) is 36.4 Å². The average molecular weight is 414 g/mol. The Morgan fingerprint density at radius 3 is 2.31 bits per heavy atom. The van der Waals surface area contributed by atoms with Crippen molar-refractivity contribution in [3.63, 3.8) is 0 Å². The van der Waals surface area contributed by atoms with E-state index >= 15 is 0 Å². The van der Waals surface area contributed by atoms with Gasteiger partial charge in [0.2, 0.25) is 5.75 Å². The molecule has 2 N–H and O–H groups in total. The molecule has 0 aromatic heterocycles. The summed E-state index contributed by atoms with van der Waals surface area (Å²) in [4.78, 5) is 22.0. The maximum absolute atomic E-state index is 12.6. The van der Waals surface area contributed by atoms with Gasteiger partial charge in [-0.25, -0.2) is 4.79 Å². The third-order valence-electron chi connectivity index (χ3n) is 3.74. The predicted molar refractivity (Wildman–Crippen MR) is 103 cm³/mol. The van der Waals surface area contributed by atoms with Gasteiger partial charge >= 0.3 is 21.8 Å². The van der Waals surface area contributed by atoms with Crippen molar-refractivity contribution in [1.82, 2.24) is 0 Å². The predicted octanol–water partition coefficient (Wildman–Crippen LogP) is 3.16. The lowest BCUT2D eigenvalue weighted by molar-refractivity contribution is -0.385. The standard InChI is InChI=1S/C19H14N2O7S/c20-15-11-10-14(27-19(22)13-6-2-1-3-7-13)12-18(15)29(25,26)28-17-9-5-4-8-16(17)21(23)24/h1-12H,20H2. The molecular formula is C19H14N2O7S. The molecule has 0 saturated heterocycles. The van der Waals surface area contributed by atoms with Gasteiger partial charge in [0.25, 0.3) is 0 Å². The first kappa shape index (κ1) is 19.8. The Bertz CT molecular complexity index is 1180. The number of hydrogen-bond acceptors (Lipinski definition) is 8. The normalized spacial score (nSPS) is 10.9. The number of rotatable bonds is 6. The van der Waals surface area contributed by atoms with Crippen molar-refractivity contribution in [1.29, 1.82) is 0 Å². The van der Waals surface area contributed by atoms with Crippen LogP contribution in [-0.2, 0) is 10.1 Å². The van der Waals surface area contributed by atoms with Crippen molar-refractivity contribution in [2.24, 2.45) is 0 Å². The highest BCUT2D eigenvalue weighted by atomic mass is 32.2. The molecule has 0 aliphatic rings. The summed E-state index contributed by atoms with van der Waals surface area (Å²) in [6.45, 7) is 0. The summed E-state index contributed by atoms with van der Waals surface area (Å²) in [5, 5.41) is 11.1. The summed E-state index contributed by atoms with van der Waals surface area (Å²) >= 11 is 0. The van der Waals surface area contributed by atoms with Crippen LogP contribution in [0.5, 0.6) is 11.5 Å². The summed E-state index contributed by atoms with van der Waals surface area (Å²) in [6, 6.07) is 16.7. The molecule has 0 heterocycles. The molecule has 9 nitrogen and oxygen atoms in total. The maximum atomic E-state index is 12.6. The number of hydrogen-bond donors (Lipinski definition) is 1. The molecule has 0 fully saturated rings. The lowest BCUT2D eigenvalue weighted by atomic mass is 10.2. The smallest absolute Gasteiger partial charge is 0.343 e. The number of carbonyl (C=O) groups excluding carboxylic acids is 1. The van der Waals surface area contributed by atoms with Crippen LogP contribution in [0.25, 0.3) is 0 Å². The van der Waals surface area contributed by atoms with Gasteiger partial charge in [0.15, 0.2) is 0 Å². The first-order valence-electron chi connectivity index (χ1n) is 8.12. The van der Waals surface area contributed by atoms with E-state index in [9.17, 15) is 23.3 Å². The molecule has 0 spiro atoms. The van der Waals surface area contributed by atoms with E-state index < -0.39 is 37.3 Å². The third-order valence-corrected chi connectivity index (χ3v) is 5.03. The molecule has 10 heteroatoms. The zero-order chi connectivity index (χ0) is 21.0. The minimum absolute atomic E-state index is 0.0854. The van der Waals surface area contributed by atoms with Gasteiger partial charge in [-0.1, -0.05) is 30.3 Å². The fourth-order valence-electron chi connectivity index (χ4n) is 2.38. The van der Waals surface area contributed by atoms with Crippen LogP contribution in [0.15, 0.2) is 77.7 Å². The van der Waals surface area contributed by atoms with Gasteiger partial charge in [-0.2, -0.15) is 8.42 Å². The molecule has 0 amide bonds. The van der Waals surface area contributed by atoms with E-state index in [-0.39, 0.29) is 17.0 Å². The van der Waals surface area contributed by atoms with E-state index in [4.69, 9.17) is 14.7 Å². The van der Waals surface area contributed by atoms with E-state index in [1.807, 2.05) is 0 Å². The minimum atomic E-state index is -4.54. The van der Waals surface area contributed by atoms with Crippen LogP contribution in [0.1, 0.15) is 10.4 Å². The van der Waals surface area contributed by atoms with Crippen molar-refractivity contribution in [3.05, 3.63) is 88.5 Å². The van der Waals surface area contributed by atoms with Gasteiger partial charge in [0.1, 0.15) is 10.6 Å². The van der Waals surface area contributed by atoms with Crippen molar-refractivity contribution >= 4 is 27.5 Å². The number of anilines is 1. The Balaban J connectivity index is 1.91. The molecule has 3 rings (SSSR count). The second kappa shape index (κ2) is 7.98. The van der Waals surface area contributed by atoms with Crippen molar-refractivity contribution in [3.8, 4) is 11.5 Å². The highest BCUT2D eigenvalue weighted by Crippen LogP contribution is 2.32. The number of para-hydroxylation sites is 2. The molecule has 0 bridgehead atoms. The SMILES string of the molecule is Nc1ccc(OC(=O)c2ccccc2)cc1S(=O)(=O)Oc1ccccc1[N+](=O)[O-]. The van der Waals surface area contributed by atoms with Crippen LogP contribution in [0.3, 0.4) is 0 Å². The number of nitrogens with two attached hydrogens (primary N) is 1. The number of nitrogens with zero attached hydrogens (tertiary/aromatic N) is 1. The molecule has 0 atom stereocenters. The Kier molecular flexibility index (Phi) is 5.46. The molecule has 3 aromatic carbocycles. The van der Waals surface area contributed by atoms with Gasteiger partial charge in [-0.15, -0.1) is 0 Å². The zero-order valence-electron chi connectivity index (χ0n) is 14.7. The number of nitro groups is 1. The molecule has 0 radical (unpaired) electrons. The van der Waals surface area contributed by atoms with Crippen LogP contribution < -0.4 is 14.7 Å². The van der Waals surface area contributed by atoms with Crippen molar-refractivity contribution < 1.29 is 27.1 Å². The second-order valence-corrected chi connectivity index (χ2v) is 7.23. The minimum Gasteiger partial charge on any atom is -0.423 e. The first-order chi connectivity index (χ1) is 13.8. The molecule has 3 aromatic rings. The summed E-state index contributed by atoms with van der Waals surface area (Å²) in [6.07, 6.45) is 0. The molecule has 0 aliphatic carbocycles. The van der Waals surface area contributed by atoms with Gasteiger partial charge in [0.05, 0.1) is 16.2 Å². The van der Waals surface area contributed by atoms with Gasteiger partial charge in [-0.05, 0) is 30.3 Å². The average Bonchev–Trinajstić information content (AvgIpc) is 2.70. The summed E-state index contributed by atoms with van der Waals surface area (Å²) < 4.78 is 35.4. The van der Waals surface area contributed by atoms with E-state index in [1.54, 1.807) is 18.2 Å². The second-order valence-electron chi connectivity index (χ2n) is 5.72. The zero-order valence-corrected chi connectivity index (χ0v) is 15.5. The Morgan fingerprint density at radius 2 is 1.62 bits per heavy atom. The number of nitro benzene ring substituents is 1. The first-order valence-corrected chi connectivity index (χ1v) is 9.53. The molecule has 0 saturated carbocycles. The summed E-state index contributed by atoms with van der Waals surface area (Å²) in [5.74, 6) is -1.25. The summed E-state index contributed by atoms with van der Waals surface area (Å²) in [7, 11) is -4.54. The highest BCUT2D eigenvalue weighted by molar-refractivity contribution is 7.87. The molecule has 0 aliphatic heterocycles. The quantitative estimate of drug-likeness (QED) is 0.162. The van der Waals surface area contributed by atoms with E-state index in [2.05, 4.69) is 0 Å². The fraction of sp³-hybridized carbons (Fsp3) is 0. The molecular weight excluding hydrogens is 400 g/mol. The van der Waals surface area contributed by atoms with Crippen LogP contribution >= 0.6 is 0 Å². The van der Waals surface area contributed by atoms with E-state index in [0.717, 1.165) is 18.2 Å². The van der Waals surface area contributed by atoms with Crippen molar-refractivity contribution in [2.75, 3.05) is 5.73 Å². The fourth-order valence-corrected chi connectivity index (χ4v) is 3.46.